The molecule has 0 unspecified atom stereocenters. The number of phenols is 1. The summed E-state index contributed by atoms with van der Waals surface area (Å²) < 4.78 is 5.05. The van der Waals surface area contributed by atoms with Crippen LogP contribution in [0.1, 0.15) is 44.6 Å². The molecule has 0 aliphatic heterocycles. The van der Waals surface area contributed by atoms with Gasteiger partial charge in [0.15, 0.2) is 11.5 Å². The summed E-state index contributed by atoms with van der Waals surface area (Å²) in [5.74, 6) is 1.55. The molecule has 0 radical (unpaired) electrons. The van der Waals surface area contributed by atoms with Gasteiger partial charge in [0, 0.05) is 12.6 Å². The summed E-state index contributed by atoms with van der Waals surface area (Å²) in [5.41, 5.74) is 1.10. The van der Waals surface area contributed by atoms with Crippen molar-refractivity contribution < 1.29 is 9.84 Å². The zero-order valence-corrected chi connectivity index (χ0v) is 12.0. The molecule has 3 nitrogen and oxygen atoms in total. The van der Waals surface area contributed by atoms with Crippen LogP contribution >= 0.6 is 0 Å². The molecule has 1 saturated carbocycles. The molecule has 0 aromatic heterocycles. The monoisotopic (exact) mass is 263 g/mol. The van der Waals surface area contributed by atoms with Crippen LogP contribution in [0.15, 0.2) is 18.2 Å². The highest BCUT2D eigenvalue weighted by Crippen LogP contribution is 2.28. The highest BCUT2D eigenvalue weighted by atomic mass is 16.5. The van der Waals surface area contributed by atoms with E-state index in [0.29, 0.717) is 11.8 Å². The van der Waals surface area contributed by atoms with E-state index in [1.54, 1.807) is 13.2 Å². The van der Waals surface area contributed by atoms with Crippen LogP contribution in [0.2, 0.25) is 0 Å². The van der Waals surface area contributed by atoms with Crippen LogP contribution in [0.25, 0.3) is 0 Å². The Kier molecular flexibility index (Phi) is 5.08. The maximum Gasteiger partial charge on any atom is 0.160 e. The van der Waals surface area contributed by atoms with E-state index in [4.69, 9.17) is 4.74 Å². The molecule has 1 atom stereocenters. The lowest BCUT2D eigenvalue weighted by atomic mass is 9.84. The Morgan fingerprint density at radius 2 is 2.05 bits per heavy atom. The molecular weight excluding hydrogens is 238 g/mol. The van der Waals surface area contributed by atoms with E-state index >= 15 is 0 Å². The first-order valence-corrected chi connectivity index (χ1v) is 7.30. The van der Waals surface area contributed by atoms with Crippen molar-refractivity contribution in [1.82, 2.24) is 5.32 Å². The Labute approximate surface area is 116 Å². The van der Waals surface area contributed by atoms with Gasteiger partial charge in [0.05, 0.1) is 7.11 Å². The Bertz CT molecular complexity index is 400. The number of benzene rings is 1. The molecule has 0 saturated heterocycles. The van der Waals surface area contributed by atoms with Crippen LogP contribution in [0, 0.1) is 5.92 Å². The van der Waals surface area contributed by atoms with E-state index in [2.05, 4.69) is 12.2 Å². The predicted molar refractivity (Wildman–Crippen MR) is 77.5 cm³/mol. The molecule has 1 aliphatic carbocycles. The molecule has 2 rings (SSSR count). The van der Waals surface area contributed by atoms with Gasteiger partial charge in [-0.3, -0.25) is 0 Å². The second-order valence-corrected chi connectivity index (χ2v) is 5.57. The van der Waals surface area contributed by atoms with E-state index in [1.165, 1.54) is 32.1 Å². The SMILES string of the molecule is COc1ccc(CN[C@H](C)C2CCCCC2)cc1O. The van der Waals surface area contributed by atoms with E-state index < -0.39 is 0 Å². The normalized spacial score (nSPS) is 18.2. The largest absolute Gasteiger partial charge is 0.504 e. The van der Waals surface area contributed by atoms with Gasteiger partial charge in [-0.1, -0.05) is 25.3 Å². The summed E-state index contributed by atoms with van der Waals surface area (Å²) in [6, 6.07) is 6.14. The number of aromatic hydroxyl groups is 1. The molecule has 0 amide bonds. The molecule has 0 bridgehead atoms. The van der Waals surface area contributed by atoms with E-state index in [0.717, 1.165) is 18.0 Å². The Balaban J connectivity index is 1.85. The molecular formula is C16H25NO2. The summed E-state index contributed by atoms with van der Waals surface area (Å²) in [7, 11) is 1.57. The maximum absolute atomic E-state index is 9.75. The molecule has 1 aromatic carbocycles. The number of methoxy groups -OCH3 is 1. The van der Waals surface area contributed by atoms with Crippen molar-refractivity contribution in [3.05, 3.63) is 23.8 Å². The number of ether oxygens (including phenoxy) is 1. The van der Waals surface area contributed by atoms with Gasteiger partial charge in [-0.15, -0.1) is 0 Å². The summed E-state index contributed by atoms with van der Waals surface area (Å²) >= 11 is 0. The van der Waals surface area contributed by atoms with Gasteiger partial charge >= 0.3 is 0 Å². The fraction of sp³-hybridized carbons (Fsp3) is 0.625. The fourth-order valence-electron chi connectivity index (χ4n) is 2.93. The standard InChI is InChI=1S/C16H25NO2/c1-12(14-6-4-3-5-7-14)17-11-13-8-9-16(19-2)15(18)10-13/h8-10,12,14,17-18H,3-7,11H2,1-2H3/t12-/m1/s1. The lowest BCUT2D eigenvalue weighted by Crippen LogP contribution is -2.34. The maximum atomic E-state index is 9.75. The summed E-state index contributed by atoms with van der Waals surface area (Å²) in [5, 5.41) is 13.3. The first-order valence-electron chi connectivity index (χ1n) is 7.30. The molecule has 1 fully saturated rings. The van der Waals surface area contributed by atoms with Gasteiger partial charge in [-0.25, -0.2) is 0 Å². The lowest BCUT2D eigenvalue weighted by molar-refractivity contribution is 0.280. The number of rotatable bonds is 5. The fourth-order valence-corrected chi connectivity index (χ4v) is 2.93. The molecule has 0 heterocycles. The molecule has 1 aromatic rings. The van der Waals surface area contributed by atoms with Crippen molar-refractivity contribution in [1.29, 1.82) is 0 Å². The van der Waals surface area contributed by atoms with Crippen molar-refractivity contribution in [2.75, 3.05) is 7.11 Å². The third-order valence-corrected chi connectivity index (χ3v) is 4.23. The summed E-state index contributed by atoms with van der Waals surface area (Å²) in [4.78, 5) is 0. The molecule has 106 valence electrons. The third-order valence-electron chi connectivity index (χ3n) is 4.23. The van der Waals surface area contributed by atoms with Crippen molar-refractivity contribution >= 4 is 0 Å². The van der Waals surface area contributed by atoms with Crippen LogP contribution in [0.4, 0.5) is 0 Å². The van der Waals surface area contributed by atoms with Crippen molar-refractivity contribution in [3.8, 4) is 11.5 Å². The first-order chi connectivity index (χ1) is 9.20. The first kappa shape index (κ1) is 14.2. The Morgan fingerprint density at radius 3 is 2.68 bits per heavy atom. The second kappa shape index (κ2) is 6.80. The number of phenolic OH excluding ortho intramolecular Hbond substituents is 1. The van der Waals surface area contributed by atoms with Crippen LogP contribution in [0.5, 0.6) is 11.5 Å². The van der Waals surface area contributed by atoms with Crippen LogP contribution in [-0.4, -0.2) is 18.3 Å². The van der Waals surface area contributed by atoms with Crippen LogP contribution < -0.4 is 10.1 Å². The van der Waals surface area contributed by atoms with Gasteiger partial charge in [0.2, 0.25) is 0 Å². The summed E-state index contributed by atoms with van der Waals surface area (Å²) in [6.07, 6.45) is 6.85. The third kappa shape index (κ3) is 3.87. The smallest absolute Gasteiger partial charge is 0.160 e. The highest BCUT2D eigenvalue weighted by molar-refractivity contribution is 5.41. The zero-order chi connectivity index (χ0) is 13.7. The van der Waals surface area contributed by atoms with Crippen LogP contribution in [-0.2, 0) is 6.54 Å². The quantitative estimate of drug-likeness (QED) is 0.855. The molecule has 19 heavy (non-hydrogen) atoms. The topological polar surface area (TPSA) is 41.5 Å². The lowest BCUT2D eigenvalue weighted by Gasteiger charge is -2.28. The van der Waals surface area contributed by atoms with Gasteiger partial charge in [-0.05, 0) is 43.4 Å². The molecule has 1 aliphatic rings. The average molecular weight is 263 g/mol. The predicted octanol–water partition coefficient (Wildman–Crippen LogP) is 3.46. The van der Waals surface area contributed by atoms with Gasteiger partial charge in [-0.2, -0.15) is 0 Å². The minimum absolute atomic E-state index is 0.215. The summed E-state index contributed by atoms with van der Waals surface area (Å²) in [6.45, 7) is 3.08. The second-order valence-electron chi connectivity index (χ2n) is 5.57. The zero-order valence-electron chi connectivity index (χ0n) is 12.0. The van der Waals surface area contributed by atoms with Crippen molar-refractivity contribution in [2.45, 2.75) is 51.6 Å². The number of hydrogen-bond acceptors (Lipinski definition) is 3. The Morgan fingerprint density at radius 1 is 1.32 bits per heavy atom. The van der Waals surface area contributed by atoms with Crippen molar-refractivity contribution in [2.24, 2.45) is 5.92 Å². The molecule has 0 spiro atoms. The van der Waals surface area contributed by atoms with E-state index in [1.807, 2.05) is 12.1 Å². The van der Waals surface area contributed by atoms with E-state index in [-0.39, 0.29) is 5.75 Å². The van der Waals surface area contributed by atoms with Gasteiger partial charge < -0.3 is 15.2 Å². The van der Waals surface area contributed by atoms with Gasteiger partial charge in [0.1, 0.15) is 0 Å². The molecule has 3 heteroatoms. The minimum Gasteiger partial charge on any atom is -0.504 e. The van der Waals surface area contributed by atoms with Crippen LogP contribution in [0.3, 0.4) is 0 Å². The van der Waals surface area contributed by atoms with Crippen molar-refractivity contribution in [3.63, 3.8) is 0 Å². The highest BCUT2D eigenvalue weighted by Gasteiger charge is 2.19. The minimum atomic E-state index is 0.215. The number of hydrogen-bond donors (Lipinski definition) is 2. The Hall–Kier alpha value is -1.22. The van der Waals surface area contributed by atoms with E-state index in [9.17, 15) is 5.11 Å². The molecule has 2 N–H and O–H groups in total. The van der Waals surface area contributed by atoms with Gasteiger partial charge in [0.25, 0.3) is 0 Å². The average Bonchev–Trinajstić information content (AvgIpc) is 2.46. The number of nitrogens with one attached hydrogen (secondary N) is 1.